The van der Waals surface area contributed by atoms with Gasteiger partial charge >= 0.3 is 0 Å². The number of hydrogen-bond acceptors (Lipinski definition) is 1. The van der Waals surface area contributed by atoms with E-state index in [9.17, 15) is 4.39 Å². The lowest BCUT2D eigenvalue weighted by Gasteiger charge is -2.21. The first-order valence-electron chi connectivity index (χ1n) is 6.86. The van der Waals surface area contributed by atoms with Crippen LogP contribution < -0.4 is 5.32 Å². The normalized spacial score (nSPS) is 22.1. The summed E-state index contributed by atoms with van der Waals surface area (Å²) in [4.78, 5) is 0. The molecular weight excluding hydrogens is 273 g/mol. The first-order chi connectivity index (χ1) is 9.58. The van der Waals surface area contributed by atoms with Gasteiger partial charge in [0.25, 0.3) is 0 Å². The van der Waals surface area contributed by atoms with E-state index < -0.39 is 5.67 Å². The first kappa shape index (κ1) is 13.6. The van der Waals surface area contributed by atoms with Crippen molar-refractivity contribution in [1.82, 2.24) is 5.32 Å². The van der Waals surface area contributed by atoms with Gasteiger partial charge in [0.1, 0.15) is 5.67 Å². The molecule has 1 N–H and O–H groups in total. The van der Waals surface area contributed by atoms with Crippen molar-refractivity contribution in [2.75, 3.05) is 13.1 Å². The lowest BCUT2D eigenvalue weighted by atomic mass is 9.90. The van der Waals surface area contributed by atoms with Gasteiger partial charge in [-0.15, -0.1) is 0 Å². The van der Waals surface area contributed by atoms with Crippen LogP contribution in [0.5, 0.6) is 0 Å². The van der Waals surface area contributed by atoms with E-state index in [1.807, 2.05) is 36.4 Å². The summed E-state index contributed by atoms with van der Waals surface area (Å²) in [5.41, 5.74) is 2.59. The van der Waals surface area contributed by atoms with Gasteiger partial charge < -0.3 is 5.32 Å². The Morgan fingerprint density at radius 3 is 2.80 bits per heavy atom. The zero-order chi connectivity index (χ0) is 14.2. The van der Waals surface area contributed by atoms with E-state index in [0.717, 1.165) is 40.2 Å². The van der Waals surface area contributed by atoms with Crippen LogP contribution in [0.1, 0.15) is 18.1 Å². The van der Waals surface area contributed by atoms with E-state index in [4.69, 9.17) is 11.6 Å². The largest absolute Gasteiger partial charge is 0.313 e. The van der Waals surface area contributed by atoms with Gasteiger partial charge in [-0.1, -0.05) is 48.0 Å². The van der Waals surface area contributed by atoms with E-state index in [1.165, 1.54) is 0 Å². The molecule has 1 nitrogen and oxygen atoms in total. The summed E-state index contributed by atoms with van der Waals surface area (Å²) in [6, 6.07) is 13.7. The minimum Gasteiger partial charge on any atom is -0.313 e. The van der Waals surface area contributed by atoms with Crippen molar-refractivity contribution in [2.24, 2.45) is 0 Å². The lowest BCUT2D eigenvalue weighted by molar-refractivity contribution is 0.191. The van der Waals surface area contributed by atoms with E-state index in [0.29, 0.717) is 6.54 Å². The number of alkyl halides is 1. The first-order valence-corrected chi connectivity index (χ1v) is 7.24. The average Bonchev–Trinajstić information content (AvgIpc) is 2.58. The molecule has 0 amide bonds. The molecule has 3 rings (SSSR count). The third-order valence-electron chi connectivity index (χ3n) is 3.88. The fourth-order valence-electron chi connectivity index (χ4n) is 2.81. The molecule has 104 valence electrons. The second kappa shape index (κ2) is 5.19. The SMILES string of the molecule is C[C@@]1(F)CNCCc2cc(-c3ccccc3Cl)ccc21. The van der Waals surface area contributed by atoms with Crippen LogP contribution in [0.15, 0.2) is 42.5 Å². The van der Waals surface area contributed by atoms with Crippen LogP contribution in [0.2, 0.25) is 5.02 Å². The number of rotatable bonds is 1. The predicted molar refractivity (Wildman–Crippen MR) is 81.9 cm³/mol. The van der Waals surface area contributed by atoms with Crippen molar-refractivity contribution < 1.29 is 4.39 Å². The maximum absolute atomic E-state index is 14.6. The number of halogens is 2. The zero-order valence-corrected chi connectivity index (χ0v) is 12.2. The summed E-state index contributed by atoms with van der Waals surface area (Å²) in [5, 5.41) is 3.88. The summed E-state index contributed by atoms with van der Waals surface area (Å²) in [6.45, 7) is 2.81. The Bertz CT molecular complexity index is 637. The maximum Gasteiger partial charge on any atom is 0.145 e. The highest BCUT2D eigenvalue weighted by atomic mass is 35.5. The minimum absolute atomic E-state index is 0.367. The second-order valence-electron chi connectivity index (χ2n) is 5.48. The monoisotopic (exact) mass is 289 g/mol. The number of nitrogens with one attached hydrogen (secondary N) is 1. The standard InChI is InChI=1S/C17H17ClFN/c1-17(19)11-20-9-8-13-10-12(6-7-15(13)17)14-4-2-3-5-16(14)18/h2-7,10,20H,8-9,11H2,1H3/t17-/m1/s1. The summed E-state index contributed by atoms with van der Waals surface area (Å²) in [7, 11) is 0. The van der Waals surface area contributed by atoms with Gasteiger partial charge in [0.2, 0.25) is 0 Å². The Labute approximate surface area is 123 Å². The van der Waals surface area contributed by atoms with Crippen LogP contribution in [-0.2, 0) is 12.1 Å². The quantitative estimate of drug-likeness (QED) is 0.823. The number of benzene rings is 2. The second-order valence-corrected chi connectivity index (χ2v) is 5.88. The van der Waals surface area contributed by atoms with Crippen LogP contribution in [0.25, 0.3) is 11.1 Å². The summed E-state index contributed by atoms with van der Waals surface area (Å²) >= 11 is 6.24. The molecule has 1 atom stereocenters. The molecule has 1 aliphatic rings. The molecule has 0 saturated carbocycles. The molecule has 20 heavy (non-hydrogen) atoms. The summed E-state index contributed by atoms with van der Waals surface area (Å²) in [5.74, 6) is 0. The Hall–Kier alpha value is -1.38. The van der Waals surface area contributed by atoms with E-state index in [-0.39, 0.29) is 0 Å². The Kier molecular flexibility index (Phi) is 3.53. The van der Waals surface area contributed by atoms with Gasteiger partial charge in [0.15, 0.2) is 0 Å². The van der Waals surface area contributed by atoms with Gasteiger partial charge in [0, 0.05) is 17.1 Å². The van der Waals surface area contributed by atoms with E-state index in [2.05, 4.69) is 11.4 Å². The van der Waals surface area contributed by atoms with Gasteiger partial charge in [0.05, 0.1) is 0 Å². The average molecular weight is 290 g/mol. The molecule has 0 unspecified atom stereocenters. The lowest BCUT2D eigenvalue weighted by Crippen LogP contribution is -2.30. The van der Waals surface area contributed by atoms with Crippen LogP contribution in [0.3, 0.4) is 0 Å². The van der Waals surface area contributed by atoms with Crippen molar-refractivity contribution in [3.8, 4) is 11.1 Å². The van der Waals surface area contributed by atoms with Gasteiger partial charge in [-0.3, -0.25) is 0 Å². The van der Waals surface area contributed by atoms with Crippen LogP contribution in [-0.4, -0.2) is 13.1 Å². The van der Waals surface area contributed by atoms with Crippen molar-refractivity contribution in [3.63, 3.8) is 0 Å². The van der Waals surface area contributed by atoms with Crippen LogP contribution >= 0.6 is 11.6 Å². The van der Waals surface area contributed by atoms with Gasteiger partial charge in [-0.2, -0.15) is 0 Å². The van der Waals surface area contributed by atoms with E-state index in [1.54, 1.807) is 6.92 Å². The molecule has 1 heterocycles. The molecule has 0 saturated heterocycles. The van der Waals surface area contributed by atoms with Crippen molar-refractivity contribution in [1.29, 1.82) is 0 Å². The third-order valence-corrected chi connectivity index (χ3v) is 4.21. The van der Waals surface area contributed by atoms with Crippen molar-refractivity contribution in [3.05, 3.63) is 58.6 Å². The number of hydrogen-bond donors (Lipinski definition) is 1. The predicted octanol–water partition coefficient (Wildman–Crippen LogP) is 4.34. The molecule has 0 spiro atoms. The molecule has 3 heteroatoms. The Morgan fingerprint density at radius 2 is 2.00 bits per heavy atom. The topological polar surface area (TPSA) is 12.0 Å². The summed E-state index contributed by atoms with van der Waals surface area (Å²) in [6.07, 6.45) is 0.840. The molecule has 0 aromatic heterocycles. The van der Waals surface area contributed by atoms with Crippen molar-refractivity contribution in [2.45, 2.75) is 19.0 Å². The molecule has 0 radical (unpaired) electrons. The Morgan fingerprint density at radius 1 is 1.20 bits per heavy atom. The molecule has 2 aromatic carbocycles. The van der Waals surface area contributed by atoms with Gasteiger partial charge in [-0.05, 0) is 42.6 Å². The third kappa shape index (κ3) is 2.46. The summed E-state index contributed by atoms with van der Waals surface area (Å²) < 4.78 is 14.6. The maximum atomic E-state index is 14.6. The molecule has 0 aliphatic carbocycles. The van der Waals surface area contributed by atoms with Gasteiger partial charge in [-0.25, -0.2) is 4.39 Å². The van der Waals surface area contributed by atoms with Crippen LogP contribution in [0.4, 0.5) is 4.39 Å². The zero-order valence-electron chi connectivity index (χ0n) is 11.4. The number of fused-ring (bicyclic) bond motifs is 1. The molecule has 2 aromatic rings. The highest BCUT2D eigenvalue weighted by Gasteiger charge is 2.30. The Balaban J connectivity index is 2.10. The highest BCUT2D eigenvalue weighted by Crippen LogP contribution is 2.34. The molecule has 0 bridgehead atoms. The smallest absolute Gasteiger partial charge is 0.145 e. The fraction of sp³-hybridized carbons (Fsp3) is 0.294. The highest BCUT2D eigenvalue weighted by molar-refractivity contribution is 6.33. The molecule has 1 aliphatic heterocycles. The fourth-order valence-corrected chi connectivity index (χ4v) is 3.06. The van der Waals surface area contributed by atoms with Crippen molar-refractivity contribution >= 4 is 11.6 Å². The molecule has 0 fully saturated rings. The molecular formula is C17H17ClFN. The van der Waals surface area contributed by atoms with E-state index >= 15 is 0 Å². The minimum atomic E-state index is -1.31. The van der Waals surface area contributed by atoms with Crippen LogP contribution in [0, 0.1) is 0 Å².